The summed E-state index contributed by atoms with van der Waals surface area (Å²) in [6.45, 7) is 3.06. The Morgan fingerprint density at radius 2 is 1.94 bits per heavy atom. The van der Waals surface area contributed by atoms with Gasteiger partial charge in [-0.2, -0.15) is 0 Å². The molecule has 1 atom stereocenters. The molecule has 0 spiro atoms. The Morgan fingerprint density at radius 1 is 1.39 bits per heavy atom. The first-order valence-electron chi connectivity index (χ1n) is 5.68. The molecule has 1 aromatic rings. The lowest BCUT2D eigenvalue weighted by atomic mass is 10.1. The van der Waals surface area contributed by atoms with Gasteiger partial charge >= 0.3 is 0 Å². The number of halogens is 2. The molecular weight excluding hydrogens is 255 g/mol. The monoisotopic (exact) mass is 274 g/mol. The van der Waals surface area contributed by atoms with E-state index in [1.807, 2.05) is 14.0 Å². The van der Waals surface area contributed by atoms with Gasteiger partial charge in [-0.3, -0.25) is 4.79 Å². The summed E-state index contributed by atoms with van der Waals surface area (Å²) in [7, 11) is 3.58. The highest BCUT2D eigenvalue weighted by atomic mass is 35.5. The maximum atomic E-state index is 12.7. The van der Waals surface area contributed by atoms with Crippen LogP contribution in [0, 0.1) is 11.7 Å². The maximum absolute atomic E-state index is 12.7. The summed E-state index contributed by atoms with van der Waals surface area (Å²) in [5.41, 5.74) is 0.930. The average molecular weight is 275 g/mol. The van der Waals surface area contributed by atoms with E-state index < -0.39 is 0 Å². The fraction of sp³-hybridized carbons (Fsp3) is 0.462. The number of hydrogen-bond acceptors (Lipinski definition) is 2. The molecule has 1 amide bonds. The van der Waals surface area contributed by atoms with Gasteiger partial charge in [0.15, 0.2) is 0 Å². The first-order chi connectivity index (χ1) is 8.04. The molecule has 5 heteroatoms. The Morgan fingerprint density at radius 3 is 2.44 bits per heavy atom. The van der Waals surface area contributed by atoms with Crippen molar-refractivity contribution in [2.45, 2.75) is 13.5 Å². The molecule has 0 radical (unpaired) electrons. The molecule has 0 aliphatic rings. The number of hydrogen-bond donors (Lipinski definition) is 1. The Balaban J connectivity index is 0.00000289. The van der Waals surface area contributed by atoms with Gasteiger partial charge in [-0.05, 0) is 24.7 Å². The Bertz CT molecular complexity index is 370. The van der Waals surface area contributed by atoms with Crippen LogP contribution in [0.3, 0.4) is 0 Å². The number of benzene rings is 1. The largest absolute Gasteiger partial charge is 0.341 e. The van der Waals surface area contributed by atoms with Crippen LogP contribution in [0.15, 0.2) is 24.3 Å². The van der Waals surface area contributed by atoms with E-state index in [9.17, 15) is 9.18 Å². The molecule has 0 bridgehead atoms. The molecular formula is C13H20ClFN2O. The fourth-order valence-electron chi connectivity index (χ4n) is 1.71. The van der Waals surface area contributed by atoms with Crippen molar-refractivity contribution in [2.75, 3.05) is 20.6 Å². The van der Waals surface area contributed by atoms with Gasteiger partial charge in [0.25, 0.3) is 0 Å². The normalized spacial score (nSPS) is 11.6. The van der Waals surface area contributed by atoms with Gasteiger partial charge in [0.1, 0.15) is 5.82 Å². The smallest absolute Gasteiger partial charge is 0.226 e. The second-order valence-electron chi connectivity index (χ2n) is 4.28. The summed E-state index contributed by atoms with van der Waals surface area (Å²) in [5.74, 6) is -0.222. The SMILES string of the molecule is CNCC(C)C(=O)N(C)Cc1ccc(F)cc1.Cl. The predicted molar refractivity (Wildman–Crippen MR) is 73.2 cm³/mol. The minimum absolute atomic E-state index is 0. The molecule has 102 valence electrons. The zero-order valence-electron chi connectivity index (χ0n) is 10.9. The van der Waals surface area contributed by atoms with Crippen LogP contribution < -0.4 is 5.32 Å². The zero-order chi connectivity index (χ0) is 12.8. The van der Waals surface area contributed by atoms with Crippen molar-refractivity contribution in [2.24, 2.45) is 5.92 Å². The molecule has 1 N–H and O–H groups in total. The molecule has 0 saturated heterocycles. The summed E-state index contributed by atoms with van der Waals surface area (Å²) in [4.78, 5) is 13.6. The van der Waals surface area contributed by atoms with Gasteiger partial charge in [-0.1, -0.05) is 19.1 Å². The number of rotatable bonds is 5. The highest BCUT2D eigenvalue weighted by Gasteiger charge is 2.16. The highest BCUT2D eigenvalue weighted by Crippen LogP contribution is 2.08. The molecule has 1 unspecified atom stereocenters. The van der Waals surface area contributed by atoms with E-state index in [0.29, 0.717) is 13.1 Å². The maximum Gasteiger partial charge on any atom is 0.226 e. The van der Waals surface area contributed by atoms with Crippen molar-refractivity contribution < 1.29 is 9.18 Å². The van der Waals surface area contributed by atoms with Crippen LogP contribution in [0.1, 0.15) is 12.5 Å². The topological polar surface area (TPSA) is 32.3 Å². The van der Waals surface area contributed by atoms with Gasteiger partial charge in [0, 0.05) is 26.1 Å². The fourth-order valence-corrected chi connectivity index (χ4v) is 1.71. The third kappa shape index (κ3) is 5.02. The minimum atomic E-state index is -0.258. The van der Waals surface area contributed by atoms with Crippen molar-refractivity contribution in [1.29, 1.82) is 0 Å². The summed E-state index contributed by atoms with van der Waals surface area (Å²) in [5, 5.41) is 2.98. The van der Waals surface area contributed by atoms with E-state index in [1.165, 1.54) is 12.1 Å². The highest BCUT2D eigenvalue weighted by molar-refractivity contribution is 5.85. The average Bonchev–Trinajstić information content (AvgIpc) is 2.31. The molecule has 0 aromatic heterocycles. The lowest BCUT2D eigenvalue weighted by Gasteiger charge is -2.21. The van der Waals surface area contributed by atoms with Crippen molar-refractivity contribution in [3.8, 4) is 0 Å². The third-order valence-corrected chi connectivity index (χ3v) is 2.64. The van der Waals surface area contributed by atoms with Crippen LogP contribution in [-0.4, -0.2) is 31.4 Å². The molecule has 3 nitrogen and oxygen atoms in total. The van der Waals surface area contributed by atoms with Gasteiger partial charge in [0.2, 0.25) is 5.91 Å². The Hall–Kier alpha value is -1.13. The standard InChI is InChI=1S/C13H19FN2O.ClH/c1-10(8-15-2)13(17)16(3)9-11-4-6-12(14)7-5-11;/h4-7,10,15H,8-9H2,1-3H3;1H. The minimum Gasteiger partial charge on any atom is -0.341 e. The van der Waals surface area contributed by atoms with Crippen LogP contribution in [0.5, 0.6) is 0 Å². The lowest BCUT2D eigenvalue weighted by Crippen LogP contribution is -2.35. The predicted octanol–water partition coefficient (Wildman–Crippen LogP) is 2.06. The van der Waals surface area contributed by atoms with E-state index >= 15 is 0 Å². The third-order valence-electron chi connectivity index (χ3n) is 2.64. The summed E-state index contributed by atoms with van der Waals surface area (Å²) >= 11 is 0. The van der Waals surface area contributed by atoms with E-state index in [1.54, 1.807) is 24.1 Å². The lowest BCUT2D eigenvalue weighted by molar-refractivity contribution is -0.134. The number of carbonyl (C=O) groups excluding carboxylic acids is 1. The van der Waals surface area contributed by atoms with Crippen LogP contribution in [-0.2, 0) is 11.3 Å². The number of carbonyl (C=O) groups is 1. The molecule has 0 aliphatic carbocycles. The number of nitrogens with zero attached hydrogens (tertiary/aromatic N) is 1. The Kier molecular flexibility index (Phi) is 7.55. The first kappa shape index (κ1) is 16.9. The van der Waals surface area contributed by atoms with E-state index in [0.717, 1.165) is 5.56 Å². The van der Waals surface area contributed by atoms with E-state index in [-0.39, 0.29) is 30.0 Å². The molecule has 0 fully saturated rings. The molecule has 0 aliphatic heterocycles. The van der Waals surface area contributed by atoms with E-state index in [2.05, 4.69) is 5.32 Å². The second kappa shape index (κ2) is 8.06. The quantitative estimate of drug-likeness (QED) is 0.891. The van der Waals surface area contributed by atoms with Gasteiger partial charge in [-0.25, -0.2) is 4.39 Å². The zero-order valence-corrected chi connectivity index (χ0v) is 11.8. The molecule has 18 heavy (non-hydrogen) atoms. The molecule has 1 aromatic carbocycles. The Labute approximate surface area is 114 Å². The first-order valence-corrected chi connectivity index (χ1v) is 5.68. The molecule has 1 rings (SSSR count). The van der Waals surface area contributed by atoms with Crippen LogP contribution >= 0.6 is 12.4 Å². The summed E-state index contributed by atoms with van der Waals surface area (Å²) in [6, 6.07) is 6.21. The van der Waals surface area contributed by atoms with E-state index in [4.69, 9.17) is 0 Å². The van der Waals surface area contributed by atoms with Gasteiger partial charge in [0.05, 0.1) is 0 Å². The van der Waals surface area contributed by atoms with Crippen molar-refractivity contribution >= 4 is 18.3 Å². The second-order valence-corrected chi connectivity index (χ2v) is 4.28. The van der Waals surface area contributed by atoms with Crippen molar-refractivity contribution in [3.05, 3.63) is 35.6 Å². The van der Waals surface area contributed by atoms with Crippen LogP contribution in [0.2, 0.25) is 0 Å². The number of nitrogens with one attached hydrogen (secondary N) is 1. The summed E-state index contributed by atoms with van der Waals surface area (Å²) in [6.07, 6.45) is 0. The summed E-state index contributed by atoms with van der Waals surface area (Å²) < 4.78 is 12.7. The van der Waals surface area contributed by atoms with Crippen LogP contribution in [0.25, 0.3) is 0 Å². The van der Waals surface area contributed by atoms with Gasteiger partial charge < -0.3 is 10.2 Å². The van der Waals surface area contributed by atoms with Crippen molar-refractivity contribution in [1.82, 2.24) is 10.2 Å². The van der Waals surface area contributed by atoms with Crippen molar-refractivity contribution in [3.63, 3.8) is 0 Å². The molecule has 0 saturated carbocycles. The van der Waals surface area contributed by atoms with Crippen LogP contribution in [0.4, 0.5) is 4.39 Å². The number of amides is 1. The van der Waals surface area contributed by atoms with Gasteiger partial charge in [-0.15, -0.1) is 12.4 Å². The molecule has 0 heterocycles.